The van der Waals surface area contributed by atoms with E-state index in [4.69, 9.17) is 0 Å². The SMILES string of the molecule is CC(=O)N1CCC[C@H]1C(=O)N1CC=C(c2c[nH]c3ccccc23)CC1. The summed E-state index contributed by atoms with van der Waals surface area (Å²) in [5.41, 5.74) is 3.66. The molecule has 0 aliphatic carbocycles. The molecule has 5 heteroatoms. The Hall–Kier alpha value is -2.56. The molecule has 1 fully saturated rings. The van der Waals surface area contributed by atoms with Crippen molar-refractivity contribution >= 4 is 28.3 Å². The Morgan fingerprint density at radius 3 is 2.80 bits per heavy atom. The van der Waals surface area contributed by atoms with E-state index in [1.165, 1.54) is 16.5 Å². The van der Waals surface area contributed by atoms with Gasteiger partial charge in [-0.3, -0.25) is 9.59 Å². The molecule has 2 aliphatic heterocycles. The first kappa shape index (κ1) is 15.9. The number of H-pyrrole nitrogens is 1. The molecule has 2 amide bonds. The number of likely N-dealkylation sites (tertiary alicyclic amines) is 1. The van der Waals surface area contributed by atoms with Crippen molar-refractivity contribution in [1.29, 1.82) is 0 Å². The number of carbonyl (C=O) groups excluding carboxylic acids is 2. The highest BCUT2D eigenvalue weighted by atomic mass is 16.2. The highest BCUT2D eigenvalue weighted by Gasteiger charge is 2.35. The number of benzene rings is 1. The highest BCUT2D eigenvalue weighted by Crippen LogP contribution is 2.30. The van der Waals surface area contributed by atoms with Gasteiger partial charge in [0.25, 0.3) is 0 Å². The number of fused-ring (bicyclic) bond motifs is 1. The van der Waals surface area contributed by atoms with Crippen LogP contribution in [0.5, 0.6) is 0 Å². The van der Waals surface area contributed by atoms with Crippen LogP contribution in [-0.4, -0.2) is 52.3 Å². The molecule has 2 aromatic rings. The Labute approximate surface area is 147 Å². The fourth-order valence-electron chi connectivity index (χ4n) is 4.06. The maximum absolute atomic E-state index is 12.8. The lowest BCUT2D eigenvalue weighted by Crippen LogP contribution is -2.48. The van der Waals surface area contributed by atoms with Crippen LogP contribution in [0, 0.1) is 0 Å². The Kier molecular flexibility index (Phi) is 4.07. The van der Waals surface area contributed by atoms with Gasteiger partial charge in [-0.1, -0.05) is 24.3 Å². The van der Waals surface area contributed by atoms with Gasteiger partial charge >= 0.3 is 0 Å². The first-order chi connectivity index (χ1) is 12.1. The van der Waals surface area contributed by atoms with Gasteiger partial charge < -0.3 is 14.8 Å². The van der Waals surface area contributed by atoms with Crippen LogP contribution >= 0.6 is 0 Å². The van der Waals surface area contributed by atoms with Crippen LogP contribution in [0.25, 0.3) is 16.5 Å². The van der Waals surface area contributed by atoms with E-state index in [-0.39, 0.29) is 17.9 Å². The molecule has 4 rings (SSSR count). The average molecular weight is 337 g/mol. The summed E-state index contributed by atoms with van der Waals surface area (Å²) in [6.07, 6.45) is 6.76. The summed E-state index contributed by atoms with van der Waals surface area (Å²) >= 11 is 0. The molecule has 0 radical (unpaired) electrons. The van der Waals surface area contributed by atoms with Gasteiger partial charge in [0.15, 0.2) is 0 Å². The minimum absolute atomic E-state index is 0.00267. The zero-order valence-electron chi connectivity index (χ0n) is 14.5. The van der Waals surface area contributed by atoms with Gasteiger partial charge in [0.2, 0.25) is 11.8 Å². The van der Waals surface area contributed by atoms with Crippen LogP contribution in [0.1, 0.15) is 31.7 Å². The fraction of sp³-hybridized carbons (Fsp3) is 0.400. The van der Waals surface area contributed by atoms with E-state index in [9.17, 15) is 9.59 Å². The molecule has 0 unspecified atom stereocenters. The lowest BCUT2D eigenvalue weighted by Gasteiger charge is -2.32. The smallest absolute Gasteiger partial charge is 0.245 e. The van der Waals surface area contributed by atoms with Crippen LogP contribution < -0.4 is 0 Å². The number of hydrogen-bond donors (Lipinski definition) is 1. The Bertz CT molecular complexity index is 851. The summed E-state index contributed by atoms with van der Waals surface area (Å²) in [5, 5.41) is 1.23. The van der Waals surface area contributed by atoms with Crippen molar-refractivity contribution in [2.45, 2.75) is 32.2 Å². The summed E-state index contributed by atoms with van der Waals surface area (Å²) in [7, 11) is 0. The quantitative estimate of drug-likeness (QED) is 0.916. The van der Waals surface area contributed by atoms with Gasteiger partial charge in [0.1, 0.15) is 6.04 Å². The minimum Gasteiger partial charge on any atom is -0.361 e. The zero-order chi connectivity index (χ0) is 17.4. The Morgan fingerprint density at radius 2 is 2.04 bits per heavy atom. The van der Waals surface area contributed by atoms with E-state index in [0.29, 0.717) is 19.6 Å². The molecule has 1 atom stereocenters. The highest BCUT2D eigenvalue weighted by molar-refractivity contribution is 5.93. The molecule has 0 saturated carbocycles. The average Bonchev–Trinajstić information content (AvgIpc) is 3.28. The molecule has 25 heavy (non-hydrogen) atoms. The minimum atomic E-state index is -0.263. The van der Waals surface area contributed by atoms with E-state index in [1.54, 1.807) is 11.8 Å². The molecule has 1 aromatic heterocycles. The third-order valence-electron chi connectivity index (χ3n) is 5.40. The van der Waals surface area contributed by atoms with Crippen molar-refractivity contribution in [3.05, 3.63) is 42.1 Å². The van der Waals surface area contributed by atoms with Gasteiger partial charge in [0, 0.05) is 49.2 Å². The predicted molar refractivity (Wildman–Crippen MR) is 97.9 cm³/mol. The van der Waals surface area contributed by atoms with E-state index >= 15 is 0 Å². The maximum Gasteiger partial charge on any atom is 0.245 e. The number of para-hydroxylation sites is 1. The number of carbonyl (C=O) groups is 2. The van der Waals surface area contributed by atoms with Crippen molar-refractivity contribution < 1.29 is 9.59 Å². The van der Waals surface area contributed by atoms with Crippen molar-refractivity contribution in [2.75, 3.05) is 19.6 Å². The van der Waals surface area contributed by atoms with Crippen molar-refractivity contribution in [1.82, 2.24) is 14.8 Å². The van der Waals surface area contributed by atoms with E-state index in [0.717, 1.165) is 24.8 Å². The number of aromatic nitrogens is 1. The second-order valence-electron chi connectivity index (χ2n) is 6.88. The largest absolute Gasteiger partial charge is 0.361 e. The van der Waals surface area contributed by atoms with Gasteiger partial charge in [-0.05, 0) is 30.9 Å². The van der Waals surface area contributed by atoms with Gasteiger partial charge in [0.05, 0.1) is 0 Å². The number of aromatic amines is 1. The van der Waals surface area contributed by atoms with Crippen molar-refractivity contribution in [3.8, 4) is 0 Å². The number of amides is 2. The van der Waals surface area contributed by atoms with E-state index in [1.807, 2.05) is 11.0 Å². The number of hydrogen-bond acceptors (Lipinski definition) is 2. The molecule has 0 bridgehead atoms. The second-order valence-corrected chi connectivity index (χ2v) is 6.88. The Morgan fingerprint density at radius 1 is 1.20 bits per heavy atom. The normalized spacial score (nSPS) is 20.8. The summed E-state index contributed by atoms with van der Waals surface area (Å²) in [4.78, 5) is 31.5. The monoisotopic (exact) mass is 337 g/mol. The lowest BCUT2D eigenvalue weighted by molar-refractivity contribution is -0.142. The van der Waals surface area contributed by atoms with Gasteiger partial charge in [-0.15, -0.1) is 0 Å². The van der Waals surface area contributed by atoms with Gasteiger partial charge in [-0.2, -0.15) is 0 Å². The number of nitrogens with zero attached hydrogens (tertiary/aromatic N) is 2. The molecule has 2 aliphatic rings. The molecule has 1 aromatic carbocycles. The van der Waals surface area contributed by atoms with Crippen LogP contribution in [-0.2, 0) is 9.59 Å². The number of nitrogens with one attached hydrogen (secondary N) is 1. The molecular weight excluding hydrogens is 314 g/mol. The molecule has 130 valence electrons. The van der Waals surface area contributed by atoms with Crippen molar-refractivity contribution in [3.63, 3.8) is 0 Å². The number of rotatable bonds is 2. The first-order valence-electron chi connectivity index (χ1n) is 8.96. The van der Waals surface area contributed by atoms with Gasteiger partial charge in [-0.25, -0.2) is 0 Å². The first-order valence-corrected chi connectivity index (χ1v) is 8.96. The van der Waals surface area contributed by atoms with E-state index < -0.39 is 0 Å². The molecule has 0 spiro atoms. The molecule has 1 saturated heterocycles. The van der Waals surface area contributed by atoms with Crippen molar-refractivity contribution in [2.24, 2.45) is 0 Å². The standard InChI is InChI=1S/C20H23N3O2/c1-14(24)23-10-4-7-19(23)20(25)22-11-8-15(9-12-22)17-13-21-18-6-3-2-5-16(17)18/h2-3,5-6,8,13,19,21H,4,7,9-12H2,1H3/t19-/m0/s1. The summed E-state index contributed by atoms with van der Waals surface area (Å²) in [5.74, 6) is 0.102. The van der Waals surface area contributed by atoms with Crippen LogP contribution in [0.15, 0.2) is 36.5 Å². The fourth-order valence-corrected chi connectivity index (χ4v) is 4.06. The topological polar surface area (TPSA) is 56.4 Å². The lowest BCUT2D eigenvalue weighted by atomic mass is 9.98. The summed E-state index contributed by atoms with van der Waals surface area (Å²) in [6, 6.07) is 8.02. The zero-order valence-corrected chi connectivity index (χ0v) is 14.5. The molecule has 1 N–H and O–H groups in total. The third-order valence-corrected chi connectivity index (χ3v) is 5.40. The molecular formula is C20H23N3O2. The predicted octanol–water partition coefficient (Wildman–Crippen LogP) is 2.79. The van der Waals surface area contributed by atoms with Crippen LogP contribution in [0.4, 0.5) is 0 Å². The molecule has 5 nitrogen and oxygen atoms in total. The summed E-state index contributed by atoms with van der Waals surface area (Å²) < 4.78 is 0. The Balaban J connectivity index is 1.50. The molecule has 3 heterocycles. The second kappa shape index (κ2) is 6.39. The summed E-state index contributed by atoms with van der Waals surface area (Å²) in [6.45, 7) is 3.59. The van der Waals surface area contributed by atoms with E-state index in [2.05, 4.69) is 35.5 Å². The maximum atomic E-state index is 12.8. The third kappa shape index (κ3) is 2.84. The van der Waals surface area contributed by atoms with Crippen LogP contribution in [0.3, 0.4) is 0 Å². The van der Waals surface area contributed by atoms with Crippen LogP contribution in [0.2, 0.25) is 0 Å².